The number of sulfonamides is 1. The maximum Gasteiger partial charge on any atom is 0.240 e. The standard InChI is InChI=1S/C13H19NO4S/c1-2-18-11-5-7-12(8-6-11)19(16,17)14-9-13(15)10-3-4-10/h5-8,10,13-15H,2-4,9H2,1H3. The Balaban J connectivity index is 1.97. The molecule has 0 amide bonds. The highest BCUT2D eigenvalue weighted by Crippen LogP contribution is 2.32. The third kappa shape index (κ3) is 3.92. The molecule has 19 heavy (non-hydrogen) atoms. The summed E-state index contributed by atoms with van der Waals surface area (Å²) in [5.74, 6) is 0.891. The van der Waals surface area contributed by atoms with E-state index < -0.39 is 16.1 Å². The van der Waals surface area contributed by atoms with Gasteiger partial charge >= 0.3 is 0 Å². The number of rotatable bonds is 7. The lowest BCUT2D eigenvalue weighted by molar-refractivity contribution is 0.155. The van der Waals surface area contributed by atoms with Crippen molar-refractivity contribution in [3.8, 4) is 5.75 Å². The van der Waals surface area contributed by atoms with Gasteiger partial charge in [0.15, 0.2) is 0 Å². The second-order valence-corrected chi connectivity index (χ2v) is 6.43. The van der Waals surface area contributed by atoms with E-state index in [0.717, 1.165) is 12.8 Å². The molecule has 0 spiro atoms. The molecule has 1 aliphatic carbocycles. The maximum atomic E-state index is 12.0. The Morgan fingerprint density at radius 1 is 1.37 bits per heavy atom. The van der Waals surface area contributed by atoms with Crippen LogP contribution in [0.25, 0.3) is 0 Å². The van der Waals surface area contributed by atoms with Crippen molar-refractivity contribution in [1.29, 1.82) is 0 Å². The summed E-state index contributed by atoms with van der Waals surface area (Å²) in [7, 11) is -3.56. The van der Waals surface area contributed by atoms with Crippen molar-refractivity contribution in [2.75, 3.05) is 13.2 Å². The van der Waals surface area contributed by atoms with E-state index in [4.69, 9.17) is 4.74 Å². The highest BCUT2D eigenvalue weighted by Gasteiger charge is 2.30. The van der Waals surface area contributed by atoms with E-state index in [-0.39, 0.29) is 17.4 Å². The number of aliphatic hydroxyl groups is 1. The summed E-state index contributed by atoms with van der Waals surface area (Å²) >= 11 is 0. The number of aliphatic hydroxyl groups excluding tert-OH is 1. The molecule has 5 nitrogen and oxygen atoms in total. The van der Waals surface area contributed by atoms with Crippen molar-refractivity contribution in [3.05, 3.63) is 24.3 Å². The molecule has 0 aliphatic heterocycles. The number of ether oxygens (including phenoxy) is 1. The van der Waals surface area contributed by atoms with E-state index in [1.807, 2.05) is 6.92 Å². The zero-order chi connectivity index (χ0) is 13.9. The normalized spacial score (nSPS) is 17.2. The van der Waals surface area contributed by atoms with Gasteiger partial charge in [-0.2, -0.15) is 0 Å². The molecule has 0 saturated heterocycles. The first-order valence-corrected chi connectivity index (χ1v) is 7.92. The average Bonchev–Trinajstić information content (AvgIpc) is 3.21. The fourth-order valence-corrected chi connectivity index (χ4v) is 2.86. The van der Waals surface area contributed by atoms with Gasteiger partial charge in [0.1, 0.15) is 5.75 Å². The second-order valence-electron chi connectivity index (χ2n) is 4.66. The van der Waals surface area contributed by atoms with Crippen molar-refractivity contribution in [1.82, 2.24) is 4.72 Å². The lowest BCUT2D eigenvalue weighted by Gasteiger charge is -2.11. The summed E-state index contributed by atoms with van der Waals surface area (Å²) in [6.45, 7) is 2.48. The van der Waals surface area contributed by atoms with E-state index in [0.29, 0.717) is 12.4 Å². The highest BCUT2D eigenvalue weighted by molar-refractivity contribution is 7.89. The topological polar surface area (TPSA) is 75.6 Å². The van der Waals surface area contributed by atoms with Gasteiger partial charge in [-0.1, -0.05) is 0 Å². The summed E-state index contributed by atoms with van der Waals surface area (Å²) in [6.07, 6.45) is 1.37. The first kappa shape index (κ1) is 14.3. The summed E-state index contributed by atoms with van der Waals surface area (Å²) in [5, 5.41) is 9.67. The Morgan fingerprint density at radius 2 is 2.00 bits per heavy atom. The minimum absolute atomic E-state index is 0.0697. The number of nitrogens with one attached hydrogen (secondary N) is 1. The molecule has 1 saturated carbocycles. The first-order chi connectivity index (χ1) is 9.03. The second kappa shape index (κ2) is 5.90. The third-order valence-electron chi connectivity index (χ3n) is 3.09. The SMILES string of the molecule is CCOc1ccc(S(=O)(=O)NCC(O)C2CC2)cc1. The van der Waals surface area contributed by atoms with Gasteiger partial charge in [-0.05, 0) is 49.9 Å². The zero-order valence-electron chi connectivity index (χ0n) is 10.9. The predicted octanol–water partition coefficient (Wildman–Crippen LogP) is 1.13. The van der Waals surface area contributed by atoms with Gasteiger partial charge in [-0.3, -0.25) is 0 Å². The van der Waals surface area contributed by atoms with Crippen LogP contribution in [0.5, 0.6) is 5.75 Å². The molecule has 6 heteroatoms. The fourth-order valence-electron chi connectivity index (χ4n) is 1.81. The van der Waals surface area contributed by atoms with Crippen LogP contribution in [-0.2, 0) is 10.0 Å². The Labute approximate surface area is 113 Å². The summed E-state index contributed by atoms with van der Waals surface area (Å²) in [6, 6.07) is 6.23. The van der Waals surface area contributed by atoms with Crippen LogP contribution in [0.4, 0.5) is 0 Å². The van der Waals surface area contributed by atoms with E-state index in [9.17, 15) is 13.5 Å². The first-order valence-electron chi connectivity index (χ1n) is 6.43. The largest absolute Gasteiger partial charge is 0.494 e. The molecule has 2 N–H and O–H groups in total. The van der Waals surface area contributed by atoms with Crippen LogP contribution >= 0.6 is 0 Å². The molecule has 1 atom stereocenters. The van der Waals surface area contributed by atoms with Crippen LogP contribution in [-0.4, -0.2) is 32.8 Å². The van der Waals surface area contributed by atoms with Gasteiger partial charge in [-0.15, -0.1) is 0 Å². The predicted molar refractivity (Wildman–Crippen MR) is 71.5 cm³/mol. The van der Waals surface area contributed by atoms with E-state index >= 15 is 0 Å². The molecule has 1 aliphatic rings. The van der Waals surface area contributed by atoms with Gasteiger partial charge in [0.25, 0.3) is 0 Å². The molecular weight excluding hydrogens is 266 g/mol. The van der Waals surface area contributed by atoms with Crippen LogP contribution < -0.4 is 9.46 Å². The molecule has 0 heterocycles. The quantitative estimate of drug-likeness (QED) is 0.787. The van der Waals surface area contributed by atoms with Crippen molar-refractivity contribution in [2.45, 2.75) is 30.8 Å². The number of benzene rings is 1. The van der Waals surface area contributed by atoms with Crippen LogP contribution in [0.2, 0.25) is 0 Å². The van der Waals surface area contributed by atoms with Crippen LogP contribution in [0.15, 0.2) is 29.2 Å². The molecule has 1 unspecified atom stereocenters. The van der Waals surface area contributed by atoms with Gasteiger partial charge in [-0.25, -0.2) is 13.1 Å². The Kier molecular flexibility index (Phi) is 4.44. The van der Waals surface area contributed by atoms with Crippen LogP contribution in [0, 0.1) is 5.92 Å². The van der Waals surface area contributed by atoms with Gasteiger partial charge in [0.2, 0.25) is 10.0 Å². The van der Waals surface area contributed by atoms with Gasteiger partial charge in [0, 0.05) is 6.54 Å². The van der Waals surface area contributed by atoms with E-state index in [1.54, 1.807) is 12.1 Å². The van der Waals surface area contributed by atoms with E-state index in [1.165, 1.54) is 12.1 Å². The summed E-state index contributed by atoms with van der Waals surface area (Å²) < 4.78 is 31.7. The molecule has 0 bridgehead atoms. The van der Waals surface area contributed by atoms with Crippen LogP contribution in [0.1, 0.15) is 19.8 Å². The minimum Gasteiger partial charge on any atom is -0.494 e. The fraction of sp³-hybridized carbons (Fsp3) is 0.538. The number of hydrogen-bond donors (Lipinski definition) is 2. The molecule has 1 fully saturated rings. The summed E-state index contributed by atoms with van der Waals surface area (Å²) in [5.41, 5.74) is 0. The molecule has 106 valence electrons. The summed E-state index contributed by atoms with van der Waals surface area (Å²) in [4.78, 5) is 0.180. The van der Waals surface area contributed by atoms with Crippen molar-refractivity contribution < 1.29 is 18.3 Å². The monoisotopic (exact) mass is 285 g/mol. The van der Waals surface area contributed by atoms with Crippen molar-refractivity contribution in [3.63, 3.8) is 0 Å². The van der Waals surface area contributed by atoms with E-state index in [2.05, 4.69) is 4.72 Å². The Bertz CT molecular complexity index is 508. The highest BCUT2D eigenvalue weighted by atomic mass is 32.2. The molecule has 1 aromatic rings. The smallest absolute Gasteiger partial charge is 0.240 e. The molecule has 0 aromatic heterocycles. The van der Waals surface area contributed by atoms with Gasteiger partial charge < -0.3 is 9.84 Å². The number of hydrogen-bond acceptors (Lipinski definition) is 4. The van der Waals surface area contributed by atoms with Gasteiger partial charge in [0.05, 0.1) is 17.6 Å². The lowest BCUT2D eigenvalue weighted by Crippen LogP contribution is -2.33. The molecule has 2 rings (SSSR count). The average molecular weight is 285 g/mol. The van der Waals surface area contributed by atoms with Crippen LogP contribution in [0.3, 0.4) is 0 Å². The van der Waals surface area contributed by atoms with Crippen molar-refractivity contribution >= 4 is 10.0 Å². The third-order valence-corrected chi connectivity index (χ3v) is 4.53. The minimum atomic E-state index is -3.56. The molecule has 0 radical (unpaired) electrons. The zero-order valence-corrected chi connectivity index (χ0v) is 11.7. The molecular formula is C13H19NO4S. The lowest BCUT2D eigenvalue weighted by atomic mass is 10.2. The van der Waals surface area contributed by atoms with Crippen molar-refractivity contribution in [2.24, 2.45) is 5.92 Å². The Hall–Kier alpha value is -1.11. The Morgan fingerprint density at radius 3 is 2.53 bits per heavy atom. The molecule has 1 aromatic carbocycles. The maximum absolute atomic E-state index is 12.0.